The van der Waals surface area contributed by atoms with Gasteiger partial charge in [0.2, 0.25) is 5.91 Å². The Hall–Kier alpha value is -2.96. The fourth-order valence-corrected chi connectivity index (χ4v) is 2.54. The van der Waals surface area contributed by atoms with Crippen LogP contribution in [0.3, 0.4) is 0 Å². The summed E-state index contributed by atoms with van der Waals surface area (Å²) in [5.74, 6) is -0.493. The maximum atomic E-state index is 12.0. The van der Waals surface area contributed by atoms with Crippen LogP contribution < -0.4 is 11.4 Å². The van der Waals surface area contributed by atoms with Gasteiger partial charge in [-0.1, -0.05) is 12.1 Å². The molecule has 2 heterocycles. The standard InChI is InChI=1S/C15H13N5O2/c16-12(21)9-3-1-2-8(6-9)11-7-17-13-14(18-11)20(10-4-5-10)15(22)19-13/h1-3,6-7,10H,4-5H2,(H2,16,21)(H,17,19,22). The van der Waals surface area contributed by atoms with Gasteiger partial charge in [-0.15, -0.1) is 0 Å². The van der Waals surface area contributed by atoms with Crippen molar-refractivity contribution in [2.45, 2.75) is 18.9 Å². The number of rotatable bonds is 3. The Balaban J connectivity index is 1.89. The van der Waals surface area contributed by atoms with Crippen LogP contribution in [0.1, 0.15) is 29.2 Å². The lowest BCUT2D eigenvalue weighted by Gasteiger charge is -2.04. The molecule has 3 N–H and O–H groups in total. The summed E-state index contributed by atoms with van der Waals surface area (Å²) in [6.45, 7) is 0. The molecule has 22 heavy (non-hydrogen) atoms. The number of nitrogens with two attached hydrogens (primary N) is 1. The minimum Gasteiger partial charge on any atom is -0.366 e. The number of hydrogen-bond acceptors (Lipinski definition) is 4. The number of H-pyrrole nitrogens is 1. The van der Waals surface area contributed by atoms with E-state index in [-0.39, 0.29) is 11.7 Å². The van der Waals surface area contributed by atoms with E-state index in [0.717, 1.165) is 18.4 Å². The number of hydrogen-bond donors (Lipinski definition) is 2. The largest absolute Gasteiger partial charge is 0.366 e. The summed E-state index contributed by atoms with van der Waals surface area (Å²) in [6, 6.07) is 7.10. The van der Waals surface area contributed by atoms with E-state index in [1.807, 2.05) is 6.07 Å². The zero-order valence-electron chi connectivity index (χ0n) is 11.6. The van der Waals surface area contributed by atoms with Gasteiger partial charge in [-0.2, -0.15) is 0 Å². The second kappa shape index (κ2) is 4.52. The summed E-state index contributed by atoms with van der Waals surface area (Å²) in [4.78, 5) is 34.8. The summed E-state index contributed by atoms with van der Waals surface area (Å²) in [5.41, 5.74) is 7.90. The van der Waals surface area contributed by atoms with Gasteiger partial charge in [-0.25, -0.2) is 14.8 Å². The zero-order valence-corrected chi connectivity index (χ0v) is 11.6. The topological polar surface area (TPSA) is 107 Å². The number of imidazole rings is 1. The Morgan fingerprint density at radius 2 is 2.18 bits per heavy atom. The Morgan fingerprint density at radius 3 is 2.91 bits per heavy atom. The van der Waals surface area contributed by atoms with E-state index in [2.05, 4.69) is 15.0 Å². The predicted molar refractivity (Wildman–Crippen MR) is 80.4 cm³/mol. The van der Waals surface area contributed by atoms with Gasteiger partial charge in [-0.05, 0) is 25.0 Å². The fourth-order valence-electron chi connectivity index (χ4n) is 2.54. The lowest BCUT2D eigenvalue weighted by molar-refractivity contribution is 0.100. The fraction of sp³-hybridized carbons (Fsp3) is 0.200. The maximum absolute atomic E-state index is 12.0. The van der Waals surface area contributed by atoms with Gasteiger partial charge < -0.3 is 5.73 Å². The van der Waals surface area contributed by atoms with Crippen LogP contribution in [0, 0.1) is 0 Å². The van der Waals surface area contributed by atoms with Crippen molar-refractivity contribution in [2.75, 3.05) is 0 Å². The molecule has 4 rings (SSSR count). The van der Waals surface area contributed by atoms with Crippen LogP contribution in [0.4, 0.5) is 0 Å². The first-order valence-electron chi connectivity index (χ1n) is 7.01. The molecular weight excluding hydrogens is 282 g/mol. The lowest BCUT2D eigenvalue weighted by atomic mass is 10.1. The first-order chi connectivity index (χ1) is 10.6. The molecule has 1 fully saturated rings. The van der Waals surface area contributed by atoms with Crippen molar-refractivity contribution in [3.05, 3.63) is 46.5 Å². The van der Waals surface area contributed by atoms with Crippen LogP contribution >= 0.6 is 0 Å². The highest BCUT2D eigenvalue weighted by Crippen LogP contribution is 2.35. The van der Waals surface area contributed by atoms with E-state index < -0.39 is 5.91 Å². The summed E-state index contributed by atoms with van der Waals surface area (Å²) in [7, 11) is 0. The monoisotopic (exact) mass is 295 g/mol. The molecule has 0 atom stereocenters. The Labute approximate surface area is 124 Å². The van der Waals surface area contributed by atoms with Gasteiger partial charge in [0.1, 0.15) is 0 Å². The molecule has 1 aliphatic carbocycles. The summed E-state index contributed by atoms with van der Waals surface area (Å²) in [5, 5.41) is 0. The number of fused-ring (bicyclic) bond motifs is 1. The molecule has 7 nitrogen and oxygen atoms in total. The average Bonchev–Trinajstić information content (AvgIpc) is 3.29. The molecule has 1 aromatic carbocycles. The first kappa shape index (κ1) is 12.8. The van der Waals surface area contributed by atoms with Gasteiger partial charge in [0, 0.05) is 17.2 Å². The van der Waals surface area contributed by atoms with Crippen molar-refractivity contribution in [2.24, 2.45) is 5.73 Å². The SMILES string of the molecule is NC(=O)c1cccc(-c2cnc3[nH]c(=O)n(C4CC4)c3n2)c1. The minimum absolute atomic E-state index is 0.180. The number of nitrogens with zero attached hydrogens (tertiary/aromatic N) is 3. The zero-order chi connectivity index (χ0) is 15.3. The van der Waals surface area contributed by atoms with Gasteiger partial charge in [0.15, 0.2) is 11.3 Å². The molecule has 0 radical (unpaired) electrons. The lowest BCUT2D eigenvalue weighted by Crippen LogP contribution is -2.15. The van der Waals surface area contributed by atoms with Crippen LogP contribution in [0.25, 0.3) is 22.6 Å². The number of primary amides is 1. The predicted octanol–water partition coefficient (Wildman–Crippen LogP) is 1.22. The molecule has 1 saturated carbocycles. The van der Waals surface area contributed by atoms with E-state index in [4.69, 9.17) is 5.73 Å². The Bertz CT molecular complexity index is 952. The molecule has 1 amide bonds. The number of carbonyl (C=O) groups is 1. The summed E-state index contributed by atoms with van der Waals surface area (Å²) >= 11 is 0. The first-order valence-corrected chi connectivity index (χ1v) is 7.01. The van der Waals surface area contributed by atoms with Crippen molar-refractivity contribution in [3.63, 3.8) is 0 Å². The molecule has 0 saturated heterocycles. The molecule has 0 unspecified atom stereocenters. The van der Waals surface area contributed by atoms with Crippen LogP contribution in [0.5, 0.6) is 0 Å². The Kier molecular flexibility index (Phi) is 2.62. The minimum atomic E-state index is -0.493. The highest BCUT2D eigenvalue weighted by atomic mass is 16.1. The summed E-state index contributed by atoms with van der Waals surface area (Å²) in [6.07, 6.45) is 3.54. The van der Waals surface area contributed by atoms with Gasteiger partial charge in [0.05, 0.1) is 11.9 Å². The number of carbonyl (C=O) groups excluding carboxylic acids is 1. The Morgan fingerprint density at radius 1 is 1.36 bits per heavy atom. The number of aromatic amines is 1. The number of aromatic nitrogens is 4. The third kappa shape index (κ3) is 1.98. The second-order valence-corrected chi connectivity index (χ2v) is 5.40. The summed E-state index contributed by atoms with van der Waals surface area (Å²) < 4.78 is 1.66. The number of benzene rings is 1. The van der Waals surface area contributed by atoms with Crippen LogP contribution in [-0.4, -0.2) is 25.4 Å². The maximum Gasteiger partial charge on any atom is 0.329 e. The smallest absolute Gasteiger partial charge is 0.329 e. The van der Waals surface area contributed by atoms with Crippen molar-refractivity contribution in [1.82, 2.24) is 19.5 Å². The van der Waals surface area contributed by atoms with E-state index in [1.165, 1.54) is 0 Å². The van der Waals surface area contributed by atoms with E-state index >= 15 is 0 Å². The quantitative estimate of drug-likeness (QED) is 0.757. The van der Waals surface area contributed by atoms with Crippen LogP contribution in [-0.2, 0) is 0 Å². The third-order valence-corrected chi connectivity index (χ3v) is 3.78. The highest BCUT2D eigenvalue weighted by Gasteiger charge is 2.28. The van der Waals surface area contributed by atoms with Gasteiger partial charge >= 0.3 is 5.69 Å². The van der Waals surface area contributed by atoms with Crippen molar-refractivity contribution < 1.29 is 4.79 Å². The molecule has 0 spiro atoms. The van der Waals surface area contributed by atoms with E-state index in [1.54, 1.807) is 29.0 Å². The van der Waals surface area contributed by atoms with Crippen molar-refractivity contribution in [1.29, 1.82) is 0 Å². The van der Waals surface area contributed by atoms with Crippen molar-refractivity contribution in [3.8, 4) is 11.3 Å². The van der Waals surface area contributed by atoms with Crippen LogP contribution in [0.15, 0.2) is 35.3 Å². The van der Waals surface area contributed by atoms with E-state index in [9.17, 15) is 9.59 Å². The molecular formula is C15H13N5O2. The molecule has 2 aromatic heterocycles. The highest BCUT2D eigenvalue weighted by molar-refractivity contribution is 5.94. The molecule has 1 aliphatic rings. The molecule has 3 aromatic rings. The molecule has 0 aliphatic heterocycles. The van der Waals surface area contributed by atoms with Gasteiger partial charge in [0.25, 0.3) is 0 Å². The second-order valence-electron chi connectivity index (χ2n) is 5.40. The van der Waals surface area contributed by atoms with E-state index in [0.29, 0.717) is 22.6 Å². The molecule has 7 heteroatoms. The number of nitrogens with one attached hydrogen (secondary N) is 1. The number of amides is 1. The molecule has 0 bridgehead atoms. The average molecular weight is 295 g/mol. The van der Waals surface area contributed by atoms with Crippen LogP contribution in [0.2, 0.25) is 0 Å². The molecule has 110 valence electrons. The van der Waals surface area contributed by atoms with Gasteiger partial charge in [-0.3, -0.25) is 14.3 Å². The normalized spacial score (nSPS) is 14.4. The van der Waals surface area contributed by atoms with Crippen molar-refractivity contribution >= 4 is 17.2 Å². The third-order valence-electron chi connectivity index (χ3n) is 3.78.